The number of nitrogens with one attached hydrogen (secondary N) is 1. The van der Waals surface area contributed by atoms with Crippen LogP contribution in [0.1, 0.15) is 43.7 Å². The fourth-order valence-corrected chi connectivity index (χ4v) is 4.08. The summed E-state index contributed by atoms with van der Waals surface area (Å²) in [5.74, 6) is 0. The predicted octanol–water partition coefficient (Wildman–Crippen LogP) is 2.38. The number of urea groups is 1. The van der Waals surface area contributed by atoms with Gasteiger partial charge < -0.3 is 15.3 Å². The van der Waals surface area contributed by atoms with E-state index in [9.17, 15) is 9.90 Å². The Labute approximate surface area is 151 Å². The molecular formula is C20H31N3O2. The summed E-state index contributed by atoms with van der Waals surface area (Å²) < 4.78 is 0. The van der Waals surface area contributed by atoms with Crippen molar-refractivity contribution >= 4 is 6.03 Å². The van der Waals surface area contributed by atoms with Gasteiger partial charge in [-0.2, -0.15) is 0 Å². The number of aliphatic hydroxyl groups is 1. The van der Waals surface area contributed by atoms with E-state index in [1.54, 1.807) is 0 Å². The Morgan fingerprint density at radius 1 is 1.28 bits per heavy atom. The zero-order valence-corrected chi connectivity index (χ0v) is 15.3. The molecular weight excluding hydrogens is 314 g/mol. The molecule has 2 aliphatic heterocycles. The number of amides is 2. The fraction of sp³-hybridized carbons (Fsp3) is 0.650. The van der Waals surface area contributed by atoms with Crippen molar-refractivity contribution in [1.82, 2.24) is 15.1 Å². The molecule has 2 aliphatic rings. The largest absolute Gasteiger partial charge is 0.396 e. The number of nitrogens with zero attached hydrogens (tertiary/aromatic N) is 2. The average Bonchev–Trinajstić information content (AvgIpc) is 2.66. The number of likely N-dealkylation sites (tertiary alicyclic amines) is 1. The van der Waals surface area contributed by atoms with Crippen LogP contribution in [0.5, 0.6) is 0 Å². The van der Waals surface area contributed by atoms with Crippen molar-refractivity contribution in [2.24, 2.45) is 0 Å². The minimum atomic E-state index is 0.0300. The number of hydrogen-bond donors (Lipinski definition) is 2. The third-order valence-electron chi connectivity index (χ3n) is 5.68. The molecule has 25 heavy (non-hydrogen) atoms. The normalized spacial score (nSPS) is 22.3. The molecule has 2 N–H and O–H groups in total. The molecule has 0 bridgehead atoms. The maximum absolute atomic E-state index is 12.6. The zero-order valence-electron chi connectivity index (χ0n) is 15.3. The lowest BCUT2D eigenvalue weighted by Crippen LogP contribution is -2.52. The van der Waals surface area contributed by atoms with Gasteiger partial charge in [-0.1, -0.05) is 24.3 Å². The van der Waals surface area contributed by atoms with Crippen LogP contribution in [-0.2, 0) is 13.0 Å². The molecule has 5 heteroatoms. The van der Waals surface area contributed by atoms with Crippen molar-refractivity contribution < 1.29 is 9.90 Å². The second-order valence-corrected chi connectivity index (χ2v) is 7.38. The zero-order chi connectivity index (χ0) is 17.6. The Bertz CT molecular complexity index is 576. The first-order valence-corrected chi connectivity index (χ1v) is 9.65. The summed E-state index contributed by atoms with van der Waals surface area (Å²) in [5, 5.41) is 12.3. The van der Waals surface area contributed by atoms with Crippen molar-refractivity contribution in [3.63, 3.8) is 0 Å². The summed E-state index contributed by atoms with van der Waals surface area (Å²) in [5.41, 5.74) is 2.86. The highest BCUT2D eigenvalue weighted by Gasteiger charge is 2.27. The second-order valence-electron chi connectivity index (χ2n) is 7.38. The summed E-state index contributed by atoms with van der Waals surface area (Å²) in [7, 11) is 0. The van der Waals surface area contributed by atoms with Gasteiger partial charge in [0.25, 0.3) is 0 Å². The number of piperidine rings is 1. The van der Waals surface area contributed by atoms with Crippen molar-refractivity contribution in [1.29, 1.82) is 0 Å². The summed E-state index contributed by atoms with van der Waals surface area (Å²) in [6.07, 6.45) is 4.99. The van der Waals surface area contributed by atoms with Crippen molar-refractivity contribution in [2.75, 3.05) is 26.2 Å². The Balaban J connectivity index is 1.50. The molecule has 1 aromatic rings. The third-order valence-corrected chi connectivity index (χ3v) is 5.68. The molecule has 0 spiro atoms. The first-order chi connectivity index (χ1) is 12.2. The van der Waals surface area contributed by atoms with Crippen LogP contribution in [0.25, 0.3) is 0 Å². The van der Waals surface area contributed by atoms with Gasteiger partial charge in [0, 0.05) is 44.9 Å². The molecule has 5 nitrogen and oxygen atoms in total. The number of carbonyl (C=O) groups excluding carboxylic acids is 1. The number of hydrogen-bond acceptors (Lipinski definition) is 3. The van der Waals surface area contributed by atoms with Crippen LogP contribution in [-0.4, -0.2) is 59.3 Å². The maximum Gasteiger partial charge on any atom is 0.317 e. The lowest BCUT2D eigenvalue weighted by Gasteiger charge is -2.37. The van der Waals surface area contributed by atoms with Gasteiger partial charge in [-0.15, -0.1) is 0 Å². The van der Waals surface area contributed by atoms with Crippen LogP contribution in [0, 0.1) is 0 Å². The van der Waals surface area contributed by atoms with Crippen LogP contribution < -0.4 is 5.32 Å². The molecule has 0 saturated carbocycles. The van der Waals surface area contributed by atoms with Gasteiger partial charge in [-0.25, -0.2) is 4.79 Å². The first-order valence-electron chi connectivity index (χ1n) is 9.65. The minimum Gasteiger partial charge on any atom is -0.396 e. The SMILES string of the molecule is CC(CNC(=O)N1CCCCC1CCO)N1CCc2ccccc2C1. The second kappa shape index (κ2) is 8.68. The Kier molecular flexibility index (Phi) is 6.32. The molecule has 2 atom stereocenters. The molecule has 0 aromatic heterocycles. The highest BCUT2D eigenvalue weighted by molar-refractivity contribution is 5.74. The van der Waals surface area contributed by atoms with Crippen molar-refractivity contribution in [3.8, 4) is 0 Å². The Morgan fingerprint density at radius 2 is 2.08 bits per heavy atom. The van der Waals surface area contributed by atoms with Crippen LogP contribution >= 0.6 is 0 Å². The molecule has 0 radical (unpaired) electrons. The van der Waals surface area contributed by atoms with E-state index < -0.39 is 0 Å². The van der Waals surface area contributed by atoms with Crippen molar-refractivity contribution in [2.45, 2.75) is 57.7 Å². The van der Waals surface area contributed by atoms with Gasteiger partial charge in [-0.05, 0) is 50.2 Å². The number of carbonyl (C=O) groups is 1. The number of rotatable bonds is 5. The summed E-state index contributed by atoms with van der Waals surface area (Å²) in [6.45, 7) is 5.83. The van der Waals surface area contributed by atoms with Crippen LogP contribution in [0.4, 0.5) is 4.79 Å². The topological polar surface area (TPSA) is 55.8 Å². The monoisotopic (exact) mass is 345 g/mol. The van der Waals surface area contributed by atoms with E-state index in [-0.39, 0.29) is 18.7 Å². The average molecular weight is 345 g/mol. The highest BCUT2D eigenvalue weighted by Crippen LogP contribution is 2.21. The highest BCUT2D eigenvalue weighted by atomic mass is 16.3. The van der Waals surface area contributed by atoms with Crippen LogP contribution in [0.15, 0.2) is 24.3 Å². The lowest BCUT2D eigenvalue weighted by atomic mass is 9.99. The van der Waals surface area contributed by atoms with Gasteiger partial charge in [0.2, 0.25) is 0 Å². The maximum atomic E-state index is 12.6. The number of benzene rings is 1. The van der Waals surface area contributed by atoms with Gasteiger partial charge in [-0.3, -0.25) is 4.90 Å². The first kappa shape index (κ1) is 18.2. The Hall–Kier alpha value is -1.59. The van der Waals surface area contributed by atoms with E-state index >= 15 is 0 Å². The van der Waals surface area contributed by atoms with Gasteiger partial charge in [0.05, 0.1) is 0 Å². The van der Waals surface area contributed by atoms with Gasteiger partial charge >= 0.3 is 6.03 Å². The van der Waals surface area contributed by atoms with Crippen molar-refractivity contribution in [3.05, 3.63) is 35.4 Å². The van der Waals surface area contributed by atoms with E-state index in [0.717, 1.165) is 45.3 Å². The predicted molar refractivity (Wildman–Crippen MR) is 99.5 cm³/mol. The molecule has 1 fully saturated rings. The Morgan fingerprint density at radius 3 is 2.88 bits per heavy atom. The number of fused-ring (bicyclic) bond motifs is 1. The van der Waals surface area contributed by atoms with E-state index in [0.29, 0.717) is 19.0 Å². The van der Waals surface area contributed by atoms with Gasteiger partial charge in [0.15, 0.2) is 0 Å². The molecule has 1 aromatic carbocycles. The standard InChI is InChI=1S/C20H31N3O2/c1-16(22-12-9-17-6-2-3-7-18(17)15-22)14-21-20(25)23-11-5-4-8-19(23)10-13-24/h2-3,6-7,16,19,24H,4-5,8-15H2,1H3,(H,21,25). The van der Waals surface area contributed by atoms with E-state index in [1.165, 1.54) is 11.1 Å². The van der Waals surface area contributed by atoms with E-state index in [2.05, 4.69) is 41.4 Å². The van der Waals surface area contributed by atoms with Gasteiger partial charge in [0.1, 0.15) is 0 Å². The molecule has 1 saturated heterocycles. The molecule has 2 unspecified atom stereocenters. The molecule has 3 rings (SSSR count). The third kappa shape index (κ3) is 4.53. The summed E-state index contributed by atoms with van der Waals surface area (Å²) in [4.78, 5) is 17.0. The smallest absolute Gasteiger partial charge is 0.317 e. The summed E-state index contributed by atoms with van der Waals surface area (Å²) in [6, 6.07) is 9.18. The number of aliphatic hydroxyl groups excluding tert-OH is 1. The molecule has 0 aliphatic carbocycles. The molecule has 2 amide bonds. The fourth-order valence-electron chi connectivity index (χ4n) is 4.08. The lowest BCUT2D eigenvalue weighted by molar-refractivity contribution is 0.127. The van der Waals surface area contributed by atoms with Crippen LogP contribution in [0.2, 0.25) is 0 Å². The minimum absolute atomic E-state index is 0.0300. The molecule has 2 heterocycles. The van der Waals surface area contributed by atoms with Crippen LogP contribution in [0.3, 0.4) is 0 Å². The van der Waals surface area contributed by atoms with E-state index in [4.69, 9.17) is 0 Å². The summed E-state index contributed by atoms with van der Waals surface area (Å²) >= 11 is 0. The van der Waals surface area contributed by atoms with E-state index in [1.807, 2.05) is 4.90 Å². The molecule has 138 valence electrons. The quantitative estimate of drug-likeness (QED) is 0.861.